The lowest BCUT2D eigenvalue weighted by Crippen LogP contribution is -2.00. The smallest absolute Gasteiger partial charge is 0.00139 e. The van der Waals surface area contributed by atoms with Crippen molar-refractivity contribution in [2.24, 2.45) is 0 Å². The van der Waals surface area contributed by atoms with Crippen LogP contribution in [0.2, 0.25) is 0 Å². The molecule has 0 atom stereocenters. The van der Waals surface area contributed by atoms with Crippen LogP contribution in [0.25, 0.3) is 12.2 Å². The van der Waals surface area contributed by atoms with Gasteiger partial charge >= 0.3 is 0 Å². The van der Waals surface area contributed by atoms with Crippen molar-refractivity contribution < 1.29 is 0 Å². The zero-order valence-electron chi connectivity index (χ0n) is 9.69. The second kappa shape index (κ2) is 4.06. The molecule has 0 saturated carbocycles. The molecule has 1 aromatic rings. The van der Waals surface area contributed by atoms with Gasteiger partial charge in [0, 0.05) is 0 Å². The van der Waals surface area contributed by atoms with Gasteiger partial charge in [-0.15, -0.1) is 0 Å². The summed E-state index contributed by atoms with van der Waals surface area (Å²) in [5.74, 6) is 0. The second-order valence-electron chi connectivity index (χ2n) is 4.43. The molecule has 82 valence electrons. The van der Waals surface area contributed by atoms with Crippen molar-refractivity contribution in [1.29, 1.82) is 0 Å². The van der Waals surface area contributed by atoms with Crippen LogP contribution in [0.15, 0.2) is 66.3 Å². The predicted molar refractivity (Wildman–Crippen MR) is 74.6 cm³/mol. The van der Waals surface area contributed by atoms with Crippen LogP contribution in [0.3, 0.4) is 0 Å². The Morgan fingerprint density at radius 3 is 2.47 bits per heavy atom. The first-order chi connectivity index (χ1) is 8.33. The Balaban J connectivity index is 2.22. The number of fused-ring (bicyclic) bond motifs is 1. The Morgan fingerprint density at radius 1 is 0.882 bits per heavy atom. The van der Waals surface area contributed by atoms with E-state index in [9.17, 15) is 0 Å². The highest BCUT2D eigenvalue weighted by atomic mass is 14.1. The van der Waals surface area contributed by atoms with Crippen molar-refractivity contribution in [1.82, 2.24) is 0 Å². The lowest BCUT2D eigenvalue weighted by Gasteiger charge is -2.16. The molecule has 17 heavy (non-hydrogen) atoms. The summed E-state index contributed by atoms with van der Waals surface area (Å²) in [6.45, 7) is 4.01. The van der Waals surface area contributed by atoms with Gasteiger partial charge in [0.1, 0.15) is 0 Å². The number of hydrogen-bond donors (Lipinski definition) is 0. The van der Waals surface area contributed by atoms with Crippen molar-refractivity contribution in [2.45, 2.75) is 6.42 Å². The molecule has 0 heterocycles. The molecule has 2 bridgehead atoms. The zero-order chi connectivity index (χ0) is 11.7. The van der Waals surface area contributed by atoms with Gasteiger partial charge in [0.2, 0.25) is 0 Å². The van der Waals surface area contributed by atoms with Crippen LogP contribution in [0.1, 0.15) is 16.7 Å². The average Bonchev–Trinajstić information content (AvgIpc) is 2.36. The highest BCUT2D eigenvalue weighted by Gasteiger charge is 2.10. The number of benzene rings is 1. The van der Waals surface area contributed by atoms with Gasteiger partial charge in [-0.25, -0.2) is 0 Å². The third-order valence-electron chi connectivity index (χ3n) is 3.20. The van der Waals surface area contributed by atoms with E-state index in [-0.39, 0.29) is 0 Å². The molecular formula is C17H14. The molecule has 0 radical (unpaired) electrons. The molecule has 0 saturated heterocycles. The molecule has 0 nitrogen and oxygen atoms in total. The van der Waals surface area contributed by atoms with Crippen LogP contribution >= 0.6 is 0 Å². The van der Waals surface area contributed by atoms with Gasteiger partial charge in [0.05, 0.1) is 0 Å². The first-order valence-corrected chi connectivity index (χ1v) is 5.87. The maximum atomic E-state index is 4.01. The number of hydrogen-bond acceptors (Lipinski definition) is 0. The van der Waals surface area contributed by atoms with Crippen LogP contribution in [-0.4, -0.2) is 0 Å². The van der Waals surface area contributed by atoms with Gasteiger partial charge in [-0.3, -0.25) is 0 Å². The van der Waals surface area contributed by atoms with E-state index in [1.807, 2.05) is 6.08 Å². The maximum Gasteiger partial charge on any atom is -0.00139 e. The maximum absolute atomic E-state index is 4.01. The van der Waals surface area contributed by atoms with Crippen molar-refractivity contribution in [3.8, 4) is 0 Å². The lowest BCUT2D eigenvalue weighted by molar-refractivity contribution is 1.16. The summed E-state index contributed by atoms with van der Waals surface area (Å²) in [5, 5.41) is 0. The van der Waals surface area contributed by atoms with Crippen molar-refractivity contribution in [2.75, 3.05) is 0 Å². The normalized spacial score (nSPS) is 16.9. The van der Waals surface area contributed by atoms with Crippen molar-refractivity contribution in [3.63, 3.8) is 0 Å². The summed E-state index contributed by atoms with van der Waals surface area (Å²) in [4.78, 5) is 0. The van der Waals surface area contributed by atoms with Crippen LogP contribution in [0.4, 0.5) is 0 Å². The molecule has 0 aromatic heterocycles. The van der Waals surface area contributed by atoms with Crippen LogP contribution in [0, 0.1) is 0 Å². The van der Waals surface area contributed by atoms with Gasteiger partial charge in [-0.2, -0.15) is 0 Å². The van der Waals surface area contributed by atoms with Crippen molar-refractivity contribution in [3.05, 3.63) is 83.0 Å². The fourth-order valence-electron chi connectivity index (χ4n) is 2.26. The molecule has 1 aromatic carbocycles. The van der Waals surface area contributed by atoms with Gasteiger partial charge in [0.15, 0.2) is 0 Å². The highest BCUT2D eigenvalue weighted by molar-refractivity contribution is 5.70. The molecule has 0 spiro atoms. The summed E-state index contributed by atoms with van der Waals surface area (Å²) in [6.07, 6.45) is 15.9. The zero-order valence-corrected chi connectivity index (χ0v) is 9.69. The molecule has 2 aliphatic carbocycles. The third-order valence-corrected chi connectivity index (χ3v) is 3.20. The van der Waals surface area contributed by atoms with E-state index in [0.717, 1.165) is 12.0 Å². The molecule has 0 fully saturated rings. The minimum absolute atomic E-state index is 1.02. The van der Waals surface area contributed by atoms with Crippen LogP contribution in [-0.2, 0) is 6.42 Å². The molecule has 0 amide bonds. The van der Waals surface area contributed by atoms with E-state index in [1.54, 1.807) is 0 Å². The van der Waals surface area contributed by atoms with E-state index in [4.69, 9.17) is 0 Å². The third kappa shape index (κ3) is 1.94. The van der Waals surface area contributed by atoms with E-state index >= 15 is 0 Å². The molecule has 2 aliphatic rings. The summed E-state index contributed by atoms with van der Waals surface area (Å²) in [6, 6.07) is 6.46. The summed E-state index contributed by atoms with van der Waals surface area (Å²) >= 11 is 0. The Kier molecular flexibility index (Phi) is 2.41. The van der Waals surface area contributed by atoms with Crippen LogP contribution < -0.4 is 0 Å². The minimum Gasteiger partial charge on any atom is -0.0918 e. The molecular weight excluding hydrogens is 204 g/mol. The second-order valence-corrected chi connectivity index (χ2v) is 4.43. The van der Waals surface area contributed by atoms with Gasteiger partial charge < -0.3 is 0 Å². The predicted octanol–water partition coefficient (Wildman–Crippen LogP) is 4.32. The monoisotopic (exact) mass is 218 g/mol. The van der Waals surface area contributed by atoms with Gasteiger partial charge in [-0.05, 0) is 34.3 Å². The summed E-state index contributed by atoms with van der Waals surface area (Å²) in [7, 11) is 0. The highest BCUT2D eigenvalue weighted by Crippen LogP contribution is 2.27. The van der Waals surface area contributed by atoms with Gasteiger partial charge in [-0.1, -0.05) is 67.3 Å². The lowest BCUT2D eigenvalue weighted by atomic mass is 9.89. The first-order valence-electron chi connectivity index (χ1n) is 5.87. The molecule has 0 unspecified atom stereocenters. The summed E-state index contributed by atoms with van der Waals surface area (Å²) in [5.41, 5.74) is 6.43. The first kappa shape index (κ1) is 10.1. The Bertz CT molecular complexity index is 592. The fourth-order valence-corrected chi connectivity index (χ4v) is 2.26. The summed E-state index contributed by atoms with van der Waals surface area (Å²) < 4.78 is 0. The van der Waals surface area contributed by atoms with E-state index in [0.29, 0.717) is 0 Å². The van der Waals surface area contributed by atoms with Crippen LogP contribution in [0.5, 0.6) is 0 Å². The standard InChI is InChI=1S/C17H14/c1-13-4-2-5-14-9-11-16-7-3-6-15(10-8-13)17(16)12-14/h2-11H,1,12H2. The Morgan fingerprint density at radius 2 is 1.65 bits per heavy atom. The van der Waals surface area contributed by atoms with Crippen molar-refractivity contribution >= 4 is 12.2 Å². The molecule has 0 N–H and O–H groups in total. The van der Waals surface area contributed by atoms with E-state index in [1.165, 1.54) is 22.3 Å². The van der Waals surface area contributed by atoms with E-state index < -0.39 is 0 Å². The quantitative estimate of drug-likeness (QED) is 0.608. The minimum atomic E-state index is 1.02. The van der Waals surface area contributed by atoms with E-state index in [2.05, 4.69) is 61.2 Å². The molecule has 3 rings (SSSR count). The Labute approximate surface area is 102 Å². The SMILES string of the molecule is C=C1C=CC=C2C=Cc3cccc(c3C2)C=C1. The number of rotatable bonds is 0. The fraction of sp³-hybridized carbons (Fsp3) is 0.0588. The molecule has 0 heteroatoms. The number of allylic oxidation sites excluding steroid dienone is 7. The Hall–Kier alpha value is -2.08. The molecule has 0 aliphatic heterocycles. The largest absolute Gasteiger partial charge is 0.0918 e. The van der Waals surface area contributed by atoms with Gasteiger partial charge in [0.25, 0.3) is 0 Å². The average molecular weight is 218 g/mol. The topological polar surface area (TPSA) is 0 Å².